The number of hydrogen-bond donors (Lipinski definition) is 1. The topological polar surface area (TPSA) is 88.6 Å². The summed E-state index contributed by atoms with van der Waals surface area (Å²) in [6.45, 7) is 0.758. The van der Waals surface area contributed by atoms with Gasteiger partial charge in [-0.2, -0.15) is 13.2 Å². The highest BCUT2D eigenvalue weighted by Gasteiger charge is 2.38. The fourth-order valence-electron chi connectivity index (χ4n) is 4.45. The van der Waals surface area contributed by atoms with Crippen LogP contribution < -0.4 is 14.4 Å². The zero-order valence-electron chi connectivity index (χ0n) is 19.2. The van der Waals surface area contributed by atoms with Crippen LogP contribution in [0.25, 0.3) is 0 Å². The lowest BCUT2D eigenvalue weighted by Gasteiger charge is -2.26. The predicted molar refractivity (Wildman–Crippen MR) is 123 cm³/mol. The van der Waals surface area contributed by atoms with Gasteiger partial charge < -0.3 is 9.64 Å². The molecule has 36 heavy (non-hydrogen) atoms. The Bertz CT molecular complexity index is 1260. The largest absolute Gasteiger partial charge is 0.491 e. The number of amides is 1. The third kappa shape index (κ3) is 5.28. The lowest BCUT2D eigenvalue weighted by atomic mass is 10.0. The van der Waals surface area contributed by atoms with Gasteiger partial charge in [-0.3, -0.25) is 4.79 Å². The fraction of sp³-hybridized carbons (Fsp3) is 0.500. The molecule has 5 rings (SSSR count). The summed E-state index contributed by atoms with van der Waals surface area (Å²) in [7, 11) is -3.81. The molecule has 2 aliphatic carbocycles. The molecule has 2 aromatic rings. The van der Waals surface area contributed by atoms with Crippen LogP contribution in [-0.4, -0.2) is 43.8 Å². The van der Waals surface area contributed by atoms with E-state index in [-0.39, 0.29) is 29.9 Å². The van der Waals surface area contributed by atoms with Crippen molar-refractivity contribution in [1.29, 1.82) is 0 Å². The first-order valence-corrected chi connectivity index (χ1v) is 13.4. The van der Waals surface area contributed by atoms with E-state index in [0.717, 1.165) is 44.0 Å². The number of carbonyl (C=O) groups is 1. The molecule has 12 heteroatoms. The van der Waals surface area contributed by atoms with Crippen molar-refractivity contribution in [2.24, 2.45) is 0 Å². The number of ether oxygens (including phenoxy) is 1. The Morgan fingerprint density at radius 1 is 1.14 bits per heavy atom. The summed E-state index contributed by atoms with van der Waals surface area (Å²) < 4.78 is 85.6. The van der Waals surface area contributed by atoms with Gasteiger partial charge in [0.25, 0.3) is 5.91 Å². The fourth-order valence-corrected chi connectivity index (χ4v) is 5.74. The number of aromatic nitrogens is 1. The number of hydrogen-bond acceptors (Lipinski definition) is 6. The van der Waals surface area contributed by atoms with Gasteiger partial charge in [-0.05, 0) is 68.2 Å². The highest BCUT2D eigenvalue weighted by atomic mass is 32.2. The van der Waals surface area contributed by atoms with Crippen molar-refractivity contribution >= 4 is 21.7 Å². The second kappa shape index (κ2) is 9.20. The first kappa shape index (κ1) is 24.8. The standard InChI is InChI=1S/C24H25F4N3O4S/c25-20-11-21(18(14-3-4-14)10-19(20)23(32)30-36(33,34)17-6-7-17)35-13-16-2-1-9-31(16)22-8-5-15(12-29-22)24(26,27)28/h5,8,10-12,14,16-17H,1-4,6-7,9,13H2,(H,30,32)/t16-/m1/s1. The van der Waals surface area contributed by atoms with E-state index in [4.69, 9.17) is 4.74 Å². The molecule has 1 aliphatic heterocycles. The van der Waals surface area contributed by atoms with E-state index in [1.165, 1.54) is 12.1 Å². The van der Waals surface area contributed by atoms with Crippen LogP contribution in [0.3, 0.4) is 0 Å². The molecule has 1 N–H and O–H groups in total. The molecule has 7 nitrogen and oxygen atoms in total. The van der Waals surface area contributed by atoms with Crippen molar-refractivity contribution in [3.8, 4) is 5.75 Å². The summed E-state index contributed by atoms with van der Waals surface area (Å²) in [5.74, 6) is -1.10. The molecule has 1 aromatic heterocycles. The molecule has 2 saturated carbocycles. The molecule has 3 fully saturated rings. The van der Waals surface area contributed by atoms with Crippen molar-refractivity contribution < 1.29 is 35.5 Å². The zero-order chi connectivity index (χ0) is 25.7. The molecular weight excluding hydrogens is 502 g/mol. The Balaban J connectivity index is 1.30. The number of nitrogens with one attached hydrogen (secondary N) is 1. The van der Waals surface area contributed by atoms with Crippen LogP contribution in [0, 0.1) is 5.82 Å². The maximum Gasteiger partial charge on any atom is 0.417 e. The molecule has 1 saturated heterocycles. The monoisotopic (exact) mass is 527 g/mol. The number of anilines is 1. The zero-order valence-corrected chi connectivity index (χ0v) is 20.0. The number of benzene rings is 1. The minimum absolute atomic E-state index is 0.0865. The molecule has 0 bridgehead atoms. The van der Waals surface area contributed by atoms with Gasteiger partial charge in [-0.15, -0.1) is 0 Å². The Morgan fingerprint density at radius 2 is 1.89 bits per heavy atom. The van der Waals surface area contributed by atoms with Gasteiger partial charge in [-0.25, -0.2) is 22.5 Å². The van der Waals surface area contributed by atoms with Gasteiger partial charge in [0.1, 0.15) is 24.0 Å². The van der Waals surface area contributed by atoms with E-state index in [1.807, 2.05) is 9.62 Å². The van der Waals surface area contributed by atoms with Crippen LogP contribution in [0.1, 0.15) is 65.9 Å². The number of alkyl halides is 3. The van der Waals surface area contributed by atoms with E-state index in [9.17, 15) is 30.8 Å². The molecule has 1 aromatic carbocycles. The SMILES string of the molecule is O=C(NS(=O)(=O)C1CC1)c1cc(C2CC2)c(OC[C@H]2CCCN2c2ccc(C(F)(F)F)cn2)cc1F. The summed E-state index contributed by atoms with van der Waals surface area (Å²) >= 11 is 0. The van der Waals surface area contributed by atoms with Crippen LogP contribution in [0.4, 0.5) is 23.4 Å². The predicted octanol–water partition coefficient (Wildman–Crippen LogP) is 4.39. The number of carbonyl (C=O) groups excluding carboxylic acids is 1. The van der Waals surface area contributed by atoms with Crippen LogP contribution in [-0.2, 0) is 16.2 Å². The van der Waals surface area contributed by atoms with E-state index in [0.29, 0.717) is 30.8 Å². The maximum atomic E-state index is 14.9. The van der Waals surface area contributed by atoms with Gasteiger partial charge in [0.2, 0.25) is 10.0 Å². The number of rotatable bonds is 8. The maximum absolute atomic E-state index is 14.9. The summed E-state index contributed by atoms with van der Waals surface area (Å²) in [6, 6.07) is 4.63. The lowest BCUT2D eigenvalue weighted by Crippen LogP contribution is -2.35. The molecule has 3 aliphatic rings. The molecule has 194 valence electrons. The van der Waals surface area contributed by atoms with E-state index in [2.05, 4.69) is 4.98 Å². The van der Waals surface area contributed by atoms with Gasteiger partial charge in [0, 0.05) is 18.8 Å². The highest BCUT2D eigenvalue weighted by molar-refractivity contribution is 7.91. The number of pyridine rings is 1. The van der Waals surface area contributed by atoms with Crippen molar-refractivity contribution in [2.75, 3.05) is 18.1 Å². The van der Waals surface area contributed by atoms with Gasteiger partial charge in [0.15, 0.2) is 0 Å². The molecule has 1 atom stereocenters. The molecule has 0 unspecified atom stereocenters. The van der Waals surface area contributed by atoms with Crippen LogP contribution in [0.2, 0.25) is 0 Å². The average molecular weight is 528 g/mol. The second-order valence-electron chi connectivity index (χ2n) is 9.52. The van der Waals surface area contributed by atoms with E-state index >= 15 is 0 Å². The molecule has 2 heterocycles. The Kier molecular flexibility index (Phi) is 6.34. The Morgan fingerprint density at radius 3 is 2.50 bits per heavy atom. The first-order valence-electron chi connectivity index (χ1n) is 11.8. The minimum Gasteiger partial charge on any atom is -0.491 e. The molecule has 0 spiro atoms. The van der Waals surface area contributed by atoms with Crippen molar-refractivity contribution in [3.63, 3.8) is 0 Å². The smallest absolute Gasteiger partial charge is 0.417 e. The average Bonchev–Trinajstić information content (AvgIpc) is 3.74. The van der Waals surface area contributed by atoms with Gasteiger partial charge in [0.05, 0.1) is 22.4 Å². The van der Waals surface area contributed by atoms with E-state index in [1.54, 1.807) is 0 Å². The Labute approximate surface area is 205 Å². The summed E-state index contributed by atoms with van der Waals surface area (Å²) in [4.78, 5) is 18.4. The van der Waals surface area contributed by atoms with Crippen molar-refractivity contribution in [2.45, 2.75) is 61.9 Å². The summed E-state index contributed by atoms with van der Waals surface area (Å²) in [5, 5.41) is -0.608. The summed E-state index contributed by atoms with van der Waals surface area (Å²) in [5.41, 5.74) is -0.524. The molecular formula is C24H25F4N3O4S. The third-order valence-corrected chi connectivity index (χ3v) is 8.56. The van der Waals surface area contributed by atoms with Crippen molar-refractivity contribution in [1.82, 2.24) is 9.71 Å². The third-order valence-electron chi connectivity index (χ3n) is 6.74. The van der Waals surface area contributed by atoms with Gasteiger partial charge >= 0.3 is 6.18 Å². The number of halogens is 4. The van der Waals surface area contributed by atoms with E-state index < -0.39 is 38.7 Å². The second-order valence-corrected chi connectivity index (χ2v) is 11.5. The Hall–Kier alpha value is -2.89. The van der Waals surface area contributed by atoms with Gasteiger partial charge in [-0.1, -0.05) is 0 Å². The van der Waals surface area contributed by atoms with Crippen molar-refractivity contribution in [3.05, 3.63) is 53.0 Å². The molecule has 0 radical (unpaired) electrons. The molecule has 1 amide bonds. The normalized spacial score (nSPS) is 20.4. The highest BCUT2D eigenvalue weighted by Crippen LogP contribution is 2.45. The number of sulfonamides is 1. The van der Waals surface area contributed by atoms with Crippen LogP contribution in [0.5, 0.6) is 5.75 Å². The minimum atomic E-state index is -4.46. The lowest BCUT2D eigenvalue weighted by molar-refractivity contribution is -0.137. The number of nitrogens with zero attached hydrogens (tertiary/aromatic N) is 2. The van der Waals surface area contributed by atoms with Crippen LogP contribution in [0.15, 0.2) is 30.5 Å². The first-order chi connectivity index (χ1) is 17.0. The quantitative estimate of drug-likeness (QED) is 0.513. The van der Waals surface area contributed by atoms with Crippen LogP contribution >= 0.6 is 0 Å². The summed E-state index contributed by atoms with van der Waals surface area (Å²) in [6.07, 6.45) is 0.505.